The number of carbonyl (C=O) groups excluding carboxylic acids is 1. The van der Waals surface area contributed by atoms with E-state index in [1.165, 1.54) is 6.08 Å². The van der Waals surface area contributed by atoms with Crippen molar-refractivity contribution in [3.63, 3.8) is 0 Å². The molecule has 0 aliphatic heterocycles. The highest BCUT2D eigenvalue weighted by molar-refractivity contribution is 6.27. The van der Waals surface area contributed by atoms with E-state index in [1.54, 1.807) is 13.0 Å². The maximum absolute atomic E-state index is 10.6. The van der Waals surface area contributed by atoms with Gasteiger partial charge >= 0.3 is 5.97 Å². The molecule has 0 rings (SSSR count). The number of hydrogen-bond acceptors (Lipinski definition) is 2. The van der Waals surface area contributed by atoms with E-state index >= 15 is 0 Å². The molecule has 58 valence electrons. The van der Waals surface area contributed by atoms with Crippen LogP contribution >= 0.6 is 23.2 Å². The molecule has 0 aromatic carbocycles. The number of alkyl halides is 2. The van der Waals surface area contributed by atoms with Gasteiger partial charge < -0.3 is 4.74 Å². The Balaban J connectivity index is 3.57. The molecule has 2 nitrogen and oxygen atoms in total. The highest BCUT2D eigenvalue weighted by atomic mass is 35.5. The van der Waals surface area contributed by atoms with E-state index in [4.69, 9.17) is 23.2 Å². The Morgan fingerprint density at radius 3 is 2.80 bits per heavy atom. The summed E-state index contributed by atoms with van der Waals surface area (Å²) >= 11 is 10.6. The Bertz CT molecular complexity index is 134. The van der Waals surface area contributed by atoms with Gasteiger partial charge in [-0.15, -0.1) is 11.6 Å². The second-order valence-corrected chi connectivity index (χ2v) is 2.30. The van der Waals surface area contributed by atoms with Crippen molar-refractivity contribution in [1.29, 1.82) is 0 Å². The van der Waals surface area contributed by atoms with Crippen LogP contribution in [-0.2, 0) is 9.53 Å². The average Bonchev–Trinajstić information content (AvgIpc) is 1.88. The molecule has 0 saturated carbocycles. The fourth-order valence-electron chi connectivity index (χ4n) is 0.333. The van der Waals surface area contributed by atoms with Gasteiger partial charge in [0.1, 0.15) is 0 Å². The molecule has 1 atom stereocenters. The summed E-state index contributed by atoms with van der Waals surface area (Å²) in [7, 11) is 0. The second kappa shape index (κ2) is 5.57. The molecule has 0 bridgehead atoms. The maximum Gasteiger partial charge on any atom is 0.331 e. The van der Waals surface area contributed by atoms with Crippen molar-refractivity contribution in [2.45, 2.75) is 12.5 Å². The van der Waals surface area contributed by atoms with Crippen molar-refractivity contribution in [3.8, 4) is 0 Å². The van der Waals surface area contributed by atoms with E-state index in [1.807, 2.05) is 0 Å². The van der Waals surface area contributed by atoms with Crippen LogP contribution in [0.2, 0.25) is 0 Å². The standard InChI is InChI=1S/C6H8Cl2O2/c1-2-3-6(9)10-5(8)4-7/h2-3,5H,4H2,1H3/b3-2+. The smallest absolute Gasteiger partial charge is 0.331 e. The lowest BCUT2D eigenvalue weighted by Crippen LogP contribution is -2.11. The second-order valence-electron chi connectivity index (χ2n) is 1.50. The monoisotopic (exact) mass is 182 g/mol. The van der Waals surface area contributed by atoms with Crippen molar-refractivity contribution >= 4 is 29.2 Å². The van der Waals surface area contributed by atoms with Crippen LogP contribution < -0.4 is 0 Å². The molecule has 0 aliphatic rings. The lowest BCUT2D eigenvalue weighted by molar-refractivity contribution is -0.138. The van der Waals surface area contributed by atoms with Crippen LogP contribution in [-0.4, -0.2) is 17.4 Å². The van der Waals surface area contributed by atoms with E-state index in [0.29, 0.717) is 0 Å². The van der Waals surface area contributed by atoms with Gasteiger partial charge in [-0.3, -0.25) is 0 Å². The summed E-state index contributed by atoms with van der Waals surface area (Å²) in [6.07, 6.45) is 2.85. The number of halogens is 2. The van der Waals surface area contributed by atoms with Crippen molar-refractivity contribution in [2.75, 3.05) is 5.88 Å². The van der Waals surface area contributed by atoms with Crippen LogP contribution in [0.15, 0.2) is 12.2 Å². The predicted octanol–water partition coefficient (Wildman–Crippen LogP) is 1.91. The average molecular weight is 183 g/mol. The summed E-state index contributed by atoms with van der Waals surface area (Å²) in [5, 5.41) is 0. The lowest BCUT2D eigenvalue weighted by Gasteiger charge is -2.03. The third-order valence-electron chi connectivity index (χ3n) is 0.668. The SMILES string of the molecule is C/C=C/C(=O)OC(Cl)CCl. The first kappa shape index (κ1) is 9.79. The Labute approximate surface area is 69.8 Å². The lowest BCUT2D eigenvalue weighted by atomic mass is 10.5. The van der Waals surface area contributed by atoms with E-state index < -0.39 is 11.5 Å². The molecule has 0 fully saturated rings. The molecular weight excluding hydrogens is 175 g/mol. The zero-order valence-corrected chi connectivity index (χ0v) is 7.02. The van der Waals surface area contributed by atoms with E-state index in [0.717, 1.165) is 0 Å². The Morgan fingerprint density at radius 2 is 2.40 bits per heavy atom. The summed E-state index contributed by atoms with van der Waals surface area (Å²) in [4.78, 5) is 10.6. The summed E-state index contributed by atoms with van der Waals surface area (Å²) in [6, 6.07) is 0. The maximum atomic E-state index is 10.6. The van der Waals surface area contributed by atoms with E-state index in [2.05, 4.69) is 4.74 Å². The number of hydrogen-bond donors (Lipinski definition) is 0. The first-order valence-electron chi connectivity index (χ1n) is 2.74. The zero-order valence-electron chi connectivity index (χ0n) is 5.51. The van der Waals surface area contributed by atoms with Crippen molar-refractivity contribution in [1.82, 2.24) is 0 Å². The van der Waals surface area contributed by atoms with Gasteiger partial charge in [0.15, 0.2) is 5.56 Å². The molecule has 10 heavy (non-hydrogen) atoms. The quantitative estimate of drug-likeness (QED) is 0.379. The first-order chi connectivity index (χ1) is 4.70. The van der Waals surface area contributed by atoms with Crippen molar-refractivity contribution < 1.29 is 9.53 Å². The molecule has 0 heterocycles. The van der Waals surface area contributed by atoms with Gasteiger partial charge in [0.2, 0.25) is 0 Å². The molecule has 0 N–H and O–H groups in total. The molecule has 0 aromatic rings. The Kier molecular flexibility index (Phi) is 5.45. The Morgan fingerprint density at radius 1 is 1.80 bits per heavy atom. The zero-order chi connectivity index (χ0) is 7.98. The van der Waals surface area contributed by atoms with Gasteiger partial charge in [0.25, 0.3) is 0 Å². The summed E-state index contributed by atoms with van der Waals surface area (Å²) in [6.45, 7) is 1.71. The molecule has 1 unspecified atom stereocenters. The largest absolute Gasteiger partial charge is 0.442 e. The minimum Gasteiger partial charge on any atom is -0.442 e. The van der Waals surface area contributed by atoms with Crippen LogP contribution in [0.25, 0.3) is 0 Å². The predicted molar refractivity (Wildman–Crippen MR) is 41.3 cm³/mol. The van der Waals surface area contributed by atoms with Crippen LogP contribution in [0.1, 0.15) is 6.92 Å². The summed E-state index contributed by atoms with van der Waals surface area (Å²) < 4.78 is 4.55. The fraction of sp³-hybridized carbons (Fsp3) is 0.500. The highest BCUT2D eigenvalue weighted by Gasteiger charge is 2.05. The van der Waals surface area contributed by atoms with Gasteiger partial charge in [-0.2, -0.15) is 0 Å². The molecule has 0 amide bonds. The molecule has 4 heteroatoms. The van der Waals surface area contributed by atoms with Gasteiger partial charge in [-0.25, -0.2) is 4.79 Å². The highest BCUT2D eigenvalue weighted by Crippen LogP contribution is 2.01. The molecule has 0 aromatic heterocycles. The summed E-state index contributed by atoms with van der Waals surface area (Å²) in [5.41, 5.74) is -0.731. The van der Waals surface area contributed by atoms with Gasteiger partial charge in [0, 0.05) is 6.08 Å². The Hall–Kier alpha value is -0.210. The van der Waals surface area contributed by atoms with Gasteiger partial charge in [0.05, 0.1) is 5.88 Å². The van der Waals surface area contributed by atoms with Gasteiger partial charge in [-0.05, 0) is 6.92 Å². The molecule has 0 saturated heterocycles. The number of rotatable bonds is 3. The first-order valence-corrected chi connectivity index (χ1v) is 3.71. The van der Waals surface area contributed by atoms with E-state index in [-0.39, 0.29) is 5.88 Å². The number of allylic oxidation sites excluding steroid dienone is 1. The van der Waals surface area contributed by atoms with Gasteiger partial charge in [-0.1, -0.05) is 17.7 Å². The topological polar surface area (TPSA) is 26.3 Å². The third-order valence-corrected chi connectivity index (χ3v) is 1.35. The molecular formula is C6H8Cl2O2. The minimum atomic E-state index is -0.731. The van der Waals surface area contributed by atoms with Crippen LogP contribution in [0.5, 0.6) is 0 Å². The van der Waals surface area contributed by atoms with E-state index in [9.17, 15) is 4.79 Å². The third kappa shape index (κ3) is 4.65. The minimum absolute atomic E-state index is 0.102. The molecule has 0 spiro atoms. The number of ether oxygens (including phenoxy) is 1. The van der Waals surface area contributed by atoms with Crippen molar-refractivity contribution in [2.24, 2.45) is 0 Å². The summed E-state index contributed by atoms with van der Waals surface area (Å²) in [5.74, 6) is -0.367. The normalized spacial score (nSPS) is 13.5. The molecule has 0 aliphatic carbocycles. The number of esters is 1. The van der Waals surface area contributed by atoms with Crippen LogP contribution in [0.3, 0.4) is 0 Å². The van der Waals surface area contributed by atoms with Crippen molar-refractivity contribution in [3.05, 3.63) is 12.2 Å². The van der Waals surface area contributed by atoms with Crippen LogP contribution in [0, 0.1) is 0 Å². The molecule has 0 radical (unpaired) electrons. The fourth-order valence-corrected chi connectivity index (χ4v) is 0.484. The number of carbonyl (C=O) groups is 1. The van der Waals surface area contributed by atoms with Crippen LogP contribution in [0.4, 0.5) is 0 Å².